The Labute approximate surface area is 75.3 Å². The lowest BCUT2D eigenvalue weighted by Crippen LogP contribution is -2.45. The number of nitrogens with zero attached hydrogens (tertiary/aromatic N) is 1. The van der Waals surface area contributed by atoms with Crippen LogP contribution in [-0.2, 0) is 4.79 Å². The van der Waals surface area contributed by atoms with Crippen molar-refractivity contribution in [2.75, 3.05) is 19.7 Å². The van der Waals surface area contributed by atoms with Crippen LogP contribution in [0.4, 0.5) is 8.78 Å². The maximum Gasteiger partial charge on any atom is 0.255 e. The van der Waals surface area contributed by atoms with Gasteiger partial charge in [0.15, 0.2) is 0 Å². The lowest BCUT2D eigenvalue weighted by Gasteiger charge is -2.22. The molecule has 0 saturated carbocycles. The van der Waals surface area contributed by atoms with Crippen LogP contribution in [0.3, 0.4) is 0 Å². The molecule has 78 valence electrons. The fraction of sp³-hybridized carbons (Fsp3) is 0.857. The van der Waals surface area contributed by atoms with E-state index in [2.05, 4.69) is 0 Å². The third-order valence-corrected chi connectivity index (χ3v) is 1.43. The molecule has 0 radical (unpaired) electrons. The number of carbonyl (C=O) groups excluding carboxylic acids is 1. The summed E-state index contributed by atoms with van der Waals surface area (Å²) in [5.74, 6) is -0.575. The molecule has 0 aromatic carbocycles. The summed E-state index contributed by atoms with van der Waals surface area (Å²) >= 11 is 0. The van der Waals surface area contributed by atoms with Crippen molar-refractivity contribution in [2.45, 2.75) is 19.4 Å². The van der Waals surface area contributed by atoms with Gasteiger partial charge in [-0.15, -0.1) is 0 Å². The summed E-state index contributed by atoms with van der Waals surface area (Å²) in [6.45, 7) is 0.287. The Bertz CT molecular complexity index is 165. The van der Waals surface area contributed by atoms with Gasteiger partial charge in [-0.2, -0.15) is 0 Å². The van der Waals surface area contributed by atoms with E-state index >= 15 is 0 Å². The molecule has 0 aliphatic heterocycles. The first-order valence-corrected chi connectivity index (χ1v) is 3.92. The summed E-state index contributed by atoms with van der Waals surface area (Å²) in [7, 11) is 0. The van der Waals surface area contributed by atoms with Crippen LogP contribution in [0.5, 0.6) is 0 Å². The minimum absolute atomic E-state index is 0.106. The van der Waals surface area contributed by atoms with Gasteiger partial charge in [0, 0.05) is 6.54 Å². The Morgan fingerprint density at radius 1 is 1.62 bits per heavy atom. The third kappa shape index (κ3) is 4.74. The summed E-state index contributed by atoms with van der Waals surface area (Å²) in [5, 5.41) is 8.50. The van der Waals surface area contributed by atoms with Gasteiger partial charge in [0.05, 0.1) is 19.2 Å². The second-order valence-electron chi connectivity index (χ2n) is 2.69. The number of alkyl halides is 2. The second kappa shape index (κ2) is 5.82. The quantitative estimate of drug-likeness (QED) is 0.618. The van der Waals surface area contributed by atoms with E-state index in [0.717, 1.165) is 4.90 Å². The summed E-state index contributed by atoms with van der Waals surface area (Å²) in [4.78, 5) is 12.0. The smallest absolute Gasteiger partial charge is 0.255 e. The average Bonchev–Trinajstić information content (AvgIpc) is 2.01. The topological polar surface area (TPSA) is 66.6 Å². The summed E-state index contributed by atoms with van der Waals surface area (Å²) in [6, 6.07) is -0.815. The zero-order chi connectivity index (χ0) is 10.4. The van der Waals surface area contributed by atoms with Crippen LogP contribution in [0, 0.1) is 0 Å². The van der Waals surface area contributed by atoms with Crippen molar-refractivity contribution in [2.24, 2.45) is 5.73 Å². The zero-order valence-electron chi connectivity index (χ0n) is 7.41. The molecule has 0 aromatic rings. The number of aliphatic hydroxyl groups is 1. The van der Waals surface area contributed by atoms with E-state index in [-0.39, 0.29) is 13.2 Å². The lowest BCUT2D eigenvalue weighted by molar-refractivity contribution is -0.134. The molecule has 0 aromatic heterocycles. The number of hydrogen-bond donors (Lipinski definition) is 2. The van der Waals surface area contributed by atoms with Crippen molar-refractivity contribution in [3.8, 4) is 0 Å². The van der Waals surface area contributed by atoms with E-state index in [1.54, 1.807) is 0 Å². The second-order valence-corrected chi connectivity index (χ2v) is 2.69. The molecule has 3 N–H and O–H groups in total. The van der Waals surface area contributed by atoms with E-state index in [0.29, 0.717) is 0 Å². The zero-order valence-corrected chi connectivity index (χ0v) is 7.41. The van der Waals surface area contributed by atoms with E-state index < -0.39 is 24.9 Å². The van der Waals surface area contributed by atoms with Crippen molar-refractivity contribution in [3.63, 3.8) is 0 Å². The number of hydrogen-bond acceptors (Lipinski definition) is 3. The van der Waals surface area contributed by atoms with Gasteiger partial charge in [0.2, 0.25) is 5.91 Å². The molecular weight excluding hydrogens is 182 g/mol. The van der Waals surface area contributed by atoms with Crippen molar-refractivity contribution >= 4 is 5.91 Å². The SMILES string of the molecule is C[C@@H](N)C(=O)N(CCO)CC(F)F. The first-order chi connectivity index (χ1) is 5.99. The molecule has 0 rings (SSSR count). The molecule has 0 bridgehead atoms. The van der Waals surface area contributed by atoms with Crippen LogP contribution >= 0.6 is 0 Å². The standard InChI is InChI=1S/C7H14F2N2O2/c1-5(10)7(13)11(2-3-12)4-6(8)9/h5-6,12H,2-4,10H2,1H3/t5-/m1/s1. The van der Waals surface area contributed by atoms with Crippen LogP contribution < -0.4 is 5.73 Å². The minimum atomic E-state index is -2.60. The molecule has 4 nitrogen and oxygen atoms in total. The number of aliphatic hydroxyl groups excluding tert-OH is 1. The van der Waals surface area contributed by atoms with Crippen LogP contribution in [-0.4, -0.2) is 48.1 Å². The highest BCUT2D eigenvalue weighted by atomic mass is 19.3. The molecule has 0 spiro atoms. The Kier molecular flexibility index (Phi) is 5.48. The van der Waals surface area contributed by atoms with Gasteiger partial charge in [-0.3, -0.25) is 4.79 Å². The minimum Gasteiger partial charge on any atom is -0.395 e. The molecule has 0 unspecified atom stereocenters. The predicted molar refractivity (Wildman–Crippen MR) is 43.3 cm³/mol. The fourth-order valence-electron chi connectivity index (χ4n) is 0.867. The fourth-order valence-corrected chi connectivity index (χ4v) is 0.867. The first kappa shape index (κ1) is 12.2. The molecule has 0 heterocycles. The summed E-state index contributed by atoms with van der Waals surface area (Å²) in [6.07, 6.45) is -2.60. The normalized spacial score (nSPS) is 13.1. The first-order valence-electron chi connectivity index (χ1n) is 3.92. The van der Waals surface area contributed by atoms with Gasteiger partial charge in [0.1, 0.15) is 0 Å². The Morgan fingerprint density at radius 2 is 2.15 bits per heavy atom. The van der Waals surface area contributed by atoms with Crippen LogP contribution in [0.1, 0.15) is 6.92 Å². The van der Waals surface area contributed by atoms with Crippen molar-refractivity contribution in [1.82, 2.24) is 4.90 Å². The van der Waals surface area contributed by atoms with Crippen LogP contribution in [0.2, 0.25) is 0 Å². The molecule has 1 amide bonds. The molecule has 13 heavy (non-hydrogen) atoms. The largest absolute Gasteiger partial charge is 0.395 e. The monoisotopic (exact) mass is 196 g/mol. The van der Waals surface area contributed by atoms with Crippen molar-refractivity contribution < 1.29 is 18.7 Å². The van der Waals surface area contributed by atoms with E-state index in [1.165, 1.54) is 6.92 Å². The number of carbonyl (C=O) groups is 1. The van der Waals surface area contributed by atoms with Gasteiger partial charge in [-0.1, -0.05) is 0 Å². The number of halogens is 2. The summed E-state index contributed by atoms with van der Waals surface area (Å²) < 4.78 is 23.8. The van der Waals surface area contributed by atoms with E-state index in [1.807, 2.05) is 0 Å². The van der Waals surface area contributed by atoms with E-state index in [4.69, 9.17) is 10.8 Å². The molecule has 0 fully saturated rings. The molecule has 6 heteroatoms. The van der Waals surface area contributed by atoms with Crippen LogP contribution in [0.15, 0.2) is 0 Å². The number of rotatable bonds is 5. The average molecular weight is 196 g/mol. The molecule has 1 atom stereocenters. The highest BCUT2D eigenvalue weighted by molar-refractivity contribution is 5.81. The van der Waals surface area contributed by atoms with Gasteiger partial charge in [0.25, 0.3) is 6.43 Å². The van der Waals surface area contributed by atoms with Gasteiger partial charge in [-0.25, -0.2) is 8.78 Å². The van der Waals surface area contributed by atoms with Crippen molar-refractivity contribution in [1.29, 1.82) is 0 Å². The molecular formula is C7H14F2N2O2. The Balaban J connectivity index is 4.15. The van der Waals surface area contributed by atoms with Crippen molar-refractivity contribution in [3.05, 3.63) is 0 Å². The lowest BCUT2D eigenvalue weighted by atomic mass is 10.3. The third-order valence-electron chi connectivity index (χ3n) is 1.43. The van der Waals surface area contributed by atoms with Gasteiger partial charge < -0.3 is 15.7 Å². The maximum absolute atomic E-state index is 11.9. The number of amides is 1. The highest BCUT2D eigenvalue weighted by Gasteiger charge is 2.20. The maximum atomic E-state index is 11.9. The molecule has 0 aliphatic carbocycles. The predicted octanol–water partition coefficient (Wildman–Crippen LogP) is -0.580. The van der Waals surface area contributed by atoms with Gasteiger partial charge >= 0.3 is 0 Å². The molecule has 0 aliphatic rings. The van der Waals surface area contributed by atoms with Gasteiger partial charge in [-0.05, 0) is 6.92 Å². The van der Waals surface area contributed by atoms with E-state index in [9.17, 15) is 13.6 Å². The Morgan fingerprint density at radius 3 is 2.46 bits per heavy atom. The molecule has 0 saturated heterocycles. The highest BCUT2D eigenvalue weighted by Crippen LogP contribution is 2.00. The number of nitrogens with two attached hydrogens (primary N) is 1. The summed E-state index contributed by atoms with van der Waals surface area (Å²) in [5.41, 5.74) is 5.23. The van der Waals surface area contributed by atoms with Crippen LogP contribution in [0.25, 0.3) is 0 Å². The Hall–Kier alpha value is -0.750.